The van der Waals surface area contributed by atoms with Gasteiger partial charge in [-0.3, -0.25) is 4.99 Å². The van der Waals surface area contributed by atoms with Crippen LogP contribution in [0.1, 0.15) is 66.7 Å². The Hall–Kier alpha value is -2.88. The molecule has 0 N–H and O–H groups in total. The molecule has 0 amide bonds. The van der Waals surface area contributed by atoms with E-state index in [2.05, 4.69) is 57.7 Å². The molecule has 0 aliphatic carbocycles. The first-order valence-corrected chi connectivity index (χ1v) is 10.5. The SMILES string of the molecule is CCCN1c2cc(C)c(C=Nc3ccc(C(=O)OC)cc3C)cc2C(C)=CC1(C)C. The van der Waals surface area contributed by atoms with E-state index in [1.807, 2.05) is 25.3 Å². The Labute approximate surface area is 180 Å². The summed E-state index contributed by atoms with van der Waals surface area (Å²) in [5, 5.41) is 0. The Morgan fingerprint density at radius 1 is 1.13 bits per heavy atom. The zero-order chi connectivity index (χ0) is 22.1. The molecule has 0 spiro atoms. The van der Waals surface area contributed by atoms with Crippen molar-refractivity contribution in [3.63, 3.8) is 0 Å². The number of methoxy groups -OCH3 is 1. The number of hydrogen-bond acceptors (Lipinski definition) is 4. The normalized spacial score (nSPS) is 15.2. The molecule has 1 aliphatic heterocycles. The lowest BCUT2D eigenvalue weighted by Gasteiger charge is -2.43. The number of esters is 1. The molecule has 2 aromatic rings. The minimum Gasteiger partial charge on any atom is -0.465 e. The summed E-state index contributed by atoms with van der Waals surface area (Å²) < 4.78 is 4.79. The smallest absolute Gasteiger partial charge is 0.337 e. The molecule has 0 fully saturated rings. The zero-order valence-electron chi connectivity index (χ0n) is 19.2. The number of ether oxygens (including phenoxy) is 1. The van der Waals surface area contributed by atoms with Crippen LogP contribution in [-0.2, 0) is 4.74 Å². The molecule has 0 bridgehead atoms. The van der Waals surface area contributed by atoms with Gasteiger partial charge in [0.15, 0.2) is 0 Å². The summed E-state index contributed by atoms with van der Waals surface area (Å²) in [5.74, 6) is -0.332. The summed E-state index contributed by atoms with van der Waals surface area (Å²) in [6.07, 6.45) is 5.39. The van der Waals surface area contributed by atoms with Crippen molar-refractivity contribution >= 4 is 29.1 Å². The van der Waals surface area contributed by atoms with E-state index in [1.54, 1.807) is 6.07 Å². The quantitative estimate of drug-likeness (QED) is 0.437. The summed E-state index contributed by atoms with van der Waals surface area (Å²) in [6, 6.07) is 9.97. The van der Waals surface area contributed by atoms with Gasteiger partial charge < -0.3 is 9.64 Å². The second kappa shape index (κ2) is 8.47. The molecule has 2 aromatic carbocycles. The van der Waals surface area contributed by atoms with Crippen LogP contribution >= 0.6 is 0 Å². The number of aliphatic imine (C=N–C) groups is 1. The van der Waals surface area contributed by atoms with Crippen molar-refractivity contribution in [1.82, 2.24) is 0 Å². The van der Waals surface area contributed by atoms with Crippen molar-refractivity contribution < 1.29 is 9.53 Å². The number of carbonyl (C=O) groups is 1. The predicted octanol–water partition coefficient (Wildman–Crippen LogP) is 6.25. The van der Waals surface area contributed by atoms with Crippen molar-refractivity contribution in [2.24, 2.45) is 4.99 Å². The molecular formula is C26H32N2O2. The Morgan fingerprint density at radius 3 is 2.50 bits per heavy atom. The van der Waals surface area contributed by atoms with Crippen molar-refractivity contribution in [3.05, 3.63) is 64.2 Å². The summed E-state index contributed by atoms with van der Waals surface area (Å²) in [7, 11) is 1.39. The number of aryl methyl sites for hydroxylation is 2. The molecule has 0 saturated carbocycles. The summed E-state index contributed by atoms with van der Waals surface area (Å²) >= 11 is 0. The fraction of sp³-hybridized carbons (Fsp3) is 0.385. The second-order valence-electron chi connectivity index (χ2n) is 8.61. The van der Waals surface area contributed by atoms with E-state index in [0.717, 1.165) is 29.8 Å². The number of allylic oxidation sites excluding steroid dienone is 1. The molecule has 1 heterocycles. The third-order valence-electron chi connectivity index (χ3n) is 5.77. The van der Waals surface area contributed by atoms with Gasteiger partial charge in [0, 0.05) is 24.0 Å². The first kappa shape index (κ1) is 21.8. The largest absolute Gasteiger partial charge is 0.465 e. The van der Waals surface area contributed by atoms with Gasteiger partial charge in [0.1, 0.15) is 0 Å². The highest BCUT2D eigenvalue weighted by atomic mass is 16.5. The molecule has 158 valence electrons. The highest BCUT2D eigenvalue weighted by molar-refractivity contribution is 5.92. The topological polar surface area (TPSA) is 41.9 Å². The van der Waals surface area contributed by atoms with Crippen LogP contribution in [0.25, 0.3) is 5.57 Å². The van der Waals surface area contributed by atoms with Crippen LogP contribution in [0.2, 0.25) is 0 Å². The van der Waals surface area contributed by atoms with Crippen LogP contribution in [0.4, 0.5) is 11.4 Å². The van der Waals surface area contributed by atoms with Crippen LogP contribution in [-0.4, -0.2) is 31.4 Å². The number of anilines is 1. The Bertz CT molecular complexity index is 1030. The lowest BCUT2D eigenvalue weighted by molar-refractivity contribution is 0.0600. The van der Waals surface area contributed by atoms with Crippen molar-refractivity contribution in [1.29, 1.82) is 0 Å². The highest BCUT2D eigenvalue weighted by Gasteiger charge is 2.31. The summed E-state index contributed by atoms with van der Waals surface area (Å²) in [5.41, 5.74) is 8.52. The summed E-state index contributed by atoms with van der Waals surface area (Å²) in [4.78, 5) is 18.9. The zero-order valence-corrected chi connectivity index (χ0v) is 19.2. The minimum atomic E-state index is -0.332. The lowest BCUT2D eigenvalue weighted by atomic mass is 9.87. The van der Waals surface area contributed by atoms with Gasteiger partial charge in [-0.1, -0.05) is 13.0 Å². The van der Waals surface area contributed by atoms with Crippen LogP contribution < -0.4 is 4.90 Å². The van der Waals surface area contributed by atoms with E-state index in [0.29, 0.717) is 5.56 Å². The summed E-state index contributed by atoms with van der Waals surface area (Å²) in [6.45, 7) is 14.1. The van der Waals surface area contributed by atoms with E-state index >= 15 is 0 Å². The van der Waals surface area contributed by atoms with Crippen molar-refractivity contribution in [3.8, 4) is 0 Å². The number of benzene rings is 2. The highest BCUT2D eigenvalue weighted by Crippen LogP contribution is 2.40. The maximum absolute atomic E-state index is 11.7. The molecule has 0 aromatic heterocycles. The molecular weight excluding hydrogens is 372 g/mol. The molecule has 0 unspecified atom stereocenters. The monoisotopic (exact) mass is 404 g/mol. The van der Waals surface area contributed by atoms with E-state index in [4.69, 9.17) is 9.73 Å². The van der Waals surface area contributed by atoms with Gasteiger partial charge in [0.2, 0.25) is 0 Å². The second-order valence-corrected chi connectivity index (χ2v) is 8.61. The number of hydrogen-bond donors (Lipinski definition) is 0. The van der Waals surface area contributed by atoms with Gasteiger partial charge in [0.05, 0.1) is 23.9 Å². The van der Waals surface area contributed by atoms with Crippen molar-refractivity contribution in [2.45, 2.75) is 53.5 Å². The minimum absolute atomic E-state index is 0.00757. The molecule has 4 heteroatoms. The molecule has 30 heavy (non-hydrogen) atoms. The van der Waals surface area contributed by atoms with E-state index in [1.165, 1.54) is 29.5 Å². The molecule has 3 rings (SSSR count). The number of rotatable bonds is 5. The van der Waals surface area contributed by atoms with E-state index in [-0.39, 0.29) is 11.5 Å². The van der Waals surface area contributed by atoms with Gasteiger partial charge in [-0.25, -0.2) is 4.79 Å². The predicted molar refractivity (Wildman–Crippen MR) is 126 cm³/mol. The molecule has 0 radical (unpaired) electrons. The molecule has 0 atom stereocenters. The van der Waals surface area contributed by atoms with Gasteiger partial charge in [-0.2, -0.15) is 0 Å². The van der Waals surface area contributed by atoms with Gasteiger partial charge in [-0.15, -0.1) is 0 Å². The fourth-order valence-corrected chi connectivity index (χ4v) is 4.20. The van der Waals surface area contributed by atoms with E-state index in [9.17, 15) is 4.79 Å². The van der Waals surface area contributed by atoms with Gasteiger partial charge in [-0.05, 0) is 93.6 Å². The van der Waals surface area contributed by atoms with Crippen LogP contribution in [0.3, 0.4) is 0 Å². The average Bonchev–Trinajstić information content (AvgIpc) is 2.69. The number of carbonyl (C=O) groups excluding carboxylic acids is 1. The molecule has 0 saturated heterocycles. The first-order chi connectivity index (χ1) is 14.2. The van der Waals surface area contributed by atoms with Gasteiger partial charge >= 0.3 is 5.97 Å². The number of nitrogens with zero attached hydrogens (tertiary/aromatic N) is 2. The maximum Gasteiger partial charge on any atom is 0.337 e. The maximum atomic E-state index is 11.7. The molecule has 4 nitrogen and oxygen atoms in total. The van der Waals surface area contributed by atoms with Crippen LogP contribution in [0, 0.1) is 13.8 Å². The number of fused-ring (bicyclic) bond motifs is 1. The van der Waals surface area contributed by atoms with E-state index < -0.39 is 0 Å². The average molecular weight is 405 g/mol. The Balaban J connectivity index is 1.98. The fourth-order valence-electron chi connectivity index (χ4n) is 4.20. The van der Waals surface area contributed by atoms with Crippen LogP contribution in [0.5, 0.6) is 0 Å². The first-order valence-electron chi connectivity index (χ1n) is 10.5. The van der Waals surface area contributed by atoms with Crippen molar-refractivity contribution in [2.75, 3.05) is 18.6 Å². The Morgan fingerprint density at radius 2 is 1.87 bits per heavy atom. The lowest BCUT2D eigenvalue weighted by Crippen LogP contribution is -2.45. The third kappa shape index (κ3) is 4.18. The third-order valence-corrected chi connectivity index (χ3v) is 5.77. The standard InChI is InChI=1S/C26H32N2O2/c1-8-11-28-24-13-17(2)21(14-22(24)19(4)15-26(28,5)6)16-27-23-10-9-20(12-18(23)3)25(29)30-7/h9-10,12-16H,8,11H2,1-7H3. The van der Waals surface area contributed by atoms with Crippen LogP contribution in [0.15, 0.2) is 41.4 Å². The van der Waals surface area contributed by atoms with Gasteiger partial charge in [0.25, 0.3) is 0 Å². The Kier molecular flexibility index (Phi) is 6.16. The molecule has 1 aliphatic rings.